The topological polar surface area (TPSA) is 58.2 Å². The van der Waals surface area contributed by atoms with Crippen LogP contribution in [-0.2, 0) is 9.59 Å². The molecule has 0 bridgehead atoms. The van der Waals surface area contributed by atoms with Crippen molar-refractivity contribution in [3.8, 4) is 0 Å². The summed E-state index contributed by atoms with van der Waals surface area (Å²) in [5.41, 5.74) is 2.14. The Bertz CT molecular complexity index is 681. The number of hydrogen-bond donors (Lipinski definition) is 2. The molecule has 0 spiro atoms. The second kappa shape index (κ2) is 7.09. The largest absolute Gasteiger partial charge is 0.318 e. The minimum absolute atomic E-state index is 0.380. The van der Waals surface area contributed by atoms with Gasteiger partial charge in [-0.25, -0.2) is 0 Å². The smallest absolute Gasteiger partial charge is 0.314 e. The summed E-state index contributed by atoms with van der Waals surface area (Å²) in [6.45, 7) is 4.18. The van der Waals surface area contributed by atoms with E-state index in [4.69, 9.17) is 11.6 Å². The van der Waals surface area contributed by atoms with Crippen molar-refractivity contribution < 1.29 is 9.59 Å². The Hall–Kier alpha value is -2.33. The van der Waals surface area contributed by atoms with E-state index in [0.717, 1.165) is 0 Å². The minimum atomic E-state index is -0.763. The summed E-state index contributed by atoms with van der Waals surface area (Å²) in [6, 6.07) is 14.1. The van der Waals surface area contributed by atoms with Crippen LogP contribution < -0.4 is 10.6 Å². The summed E-state index contributed by atoms with van der Waals surface area (Å²) in [4.78, 5) is 23.7. The van der Waals surface area contributed by atoms with Gasteiger partial charge in [-0.3, -0.25) is 9.59 Å². The van der Waals surface area contributed by atoms with Gasteiger partial charge in [0.2, 0.25) is 0 Å². The zero-order chi connectivity index (χ0) is 16.1. The Morgan fingerprint density at radius 2 is 1.50 bits per heavy atom. The van der Waals surface area contributed by atoms with Crippen LogP contribution in [0.2, 0.25) is 5.02 Å². The van der Waals surface area contributed by atoms with E-state index in [1.54, 1.807) is 36.4 Å². The zero-order valence-corrected chi connectivity index (χ0v) is 13.1. The van der Waals surface area contributed by atoms with Crippen LogP contribution in [0.25, 0.3) is 0 Å². The lowest BCUT2D eigenvalue weighted by Crippen LogP contribution is -2.29. The van der Waals surface area contributed by atoms with Gasteiger partial charge in [-0.05, 0) is 35.7 Å². The summed E-state index contributed by atoms with van der Waals surface area (Å²) >= 11 is 5.93. The van der Waals surface area contributed by atoms with Crippen LogP contribution in [-0.4, -0.2) is 11.8 Å². The van der Waals surface area contributed by atoms with Gasteiger partial charge in [0, 0.05) is 5.69 Å². The molecule has 0 fully saturated rings. The molecule has 0 saturated heterocycles. The van der Waals surface area contributed by atoms with E-state index >= 15 is 0 Å². The van der Waals surface area contributed by atoms with Crippen molar-refractivity contribution in [1.29, 1.82) is 0 Å². The van der Waals surface area contributed by atoms with E-state index in [9.17, 15) is 9.59 Å². The molecule has 0 aliphatic carbocycles. The van der Waals surface area contributed by atoms with Crippen LogP contribution in [0.3, 0.4) is 0 Å². The fraction of sp³-hybridized carbons (Fsp3) is 0.176. The number of anilines is 2. The van der Waals surface area contributed by atoms with Gasteiger partial charge in [0.25, 0.3) is 0 Å². The van der Waals surface area contributed by atoms with Gasteiger partial charge in [-0.15, -0.1) is 0 Å². The summed E-state index contributed by atoms with van der Waals surface area (Å²) in [5, 5.41) is 5.41. The van der Waals surface area contributed by atoms with Gasteiger partial charge in [0.1, 0.15) is 0 Å². The number of hydrogen-bond acceptors (Lipinski definition) is 2. The van der Waals surface area contributed by atoms with E-state index < -0.39 is 11.8 Å². The molecule has 5 heteroatoms. The summed E-state index contributed by atoms with van der Waals surface area (Å²) < 4.78 is 0. The quantitative estimate of drug-likeness (QED) is 0.840. The molecular formula is C17H17ClN2O2. The van der Waals surface area contributed by atoms with Crippen LogP contribution in [0, 0.1) is 0 Å². The van der Waals surface area contributed by atoms with Gasteiger partial charge in [-0.1, -0.05) is 49.7 Å². The molecule has 2 rings (SSSR count). The maximum Gasteiger partial charge on any atom is 0.314 e. The number of nitrogens with one attached hydrogen (secondary N) is 2. The van der Waals surface area contributed by atoms with Gasteiger partial charge in [0.05, 0.1) is 10.7 Å². The molecule has 2 aromatic rings. The first-order valence-corrected chi connectivity index (χ1v) is 7.32. The van der Waals surface area contributed by atoms with Crippen molar-refractivity contribution in [3.05, 3.63) is 59.1 Å². The zero-order valence-electron chi connectivity index (χ0n) is 12.4. The lowest BCUT2D eigenvalue weighted by atomic mass is 10.0. The molecule has 2 aromatic carbocycles. The molecule has 0 unspecified atom stereocenters. The summed E-state index contributed by atoms with van der Waals surface area (Å²) in [7, 11) is 0. The van der Waals surface area contributed by atoms with Crippen LogP contribution in [0.4, 0.5) is 11.4 Å². The van der Waals surface area contributed by atoms with Gasteiger partial charge in [0.15, 0.2) is 0 Å². The lowest BCUT2D eigenvalue weighted by molar-refractivity contribution is -0.132. The number of amides is 2. The molecule has 2 amide bonds. The first kappa shape index (κ1) is 16.0. The predicted molar refractivity (Wildman–Crippen MR) is 89.2 cm³/mol. The van der Waals surface area contributed by atoms with Crippen LogP contribution in [0.5, 0.6) is 0 Å². The van der Waals surface area contributed by atoms with E-state index in [0.29, 0.717) is 22.3 Å². The highest BCUT2D eigenvalue weighted by Crippen LogP contribution is 2.20. The third-order valence-electron chi connectivity index (χ3n) is 3.16. The Balaban J connectivity index is 1.99. The van der Waals surface area contributed by atoms with Gasteiger partial charge in [-0.2, -0.15) is 0 Å². The Morgan fingerprint density at radius 1 is 0.909 bits per heavy atom. The average molecular weight is 317 g/mol. The number of benzene rings is 2. The van der Waals surface area contributed by atoms with E-state index in [-0.39, 0.29) is 0 Å². The maximum atomic E-state index is 11.9. The minimum Gasteiger partial charge on any atom is -0.318 e. The van der Waals surface area contributed by atoms with Crippen molar-refractivity contribution in [2.45, 2.75) is 19.8 Å². The molecule has 0 aliphatic heterocycles. The molecule has 0 heterocycles. The van der Waals surface area contributed by atoms with Crippen LogP contribution >= 0.6 is 11.6 Å². The highest BCUT2D eigenvalue weighted by molar-refractivity contribution is 6.44. The third-order valence-corrected chi connectivity index (χ3v) is 3.49. The molecule has 4 nitrogen and oxygen atoms in total. The summed E-state index contributed by atoms with van der Waals surface area (Å²) in [6.07, 6.45) is 0. The first-order valence-electron chi connectivity index (χ1n) is 6.94. The number of rotatable bonds is 3. The predicted octanol–water partition coefficient (Wildman–Crippen LogP) is 4.04. The van der Waals surface area contributed by atoms with E-state index in [1.165, 1.54) is 5.56 Å². The first-order chi connectivity index (χ1) is 10.5. The number of carbonyl (C=O) groups excluding carboxylic acids is 2. The fourth-order valence-corrected chi connectivity index (χ4v) is 2.06. The fourth-order valence-electron chi connectivity index (χ4n) is 1.88. The molecule has 114 valence electrons. The Kier molecular flexibility index (Phi) is 5.17. The third kappa shape index (κ3) is 4.09. The SMILES string of the molecule is CC(C)c1ccc(NC(=O)C(=O)Nc2ccccc2Cl)cc1. The monoisotopic (exact) mass is 316 g/mol. The van der Waals surface area contributed by atoms with Crippen molar-refractivity contribution in [2.75, 3.05) is 10.6 Å². The van der Waals surface area contributed by atoms with E-state index in [2.05, 4.69) is 24.5 Å². The van der Waals surface area contributed by atoms with Crippen molar-refractivity contribution >= 4 is 34.8 Å². The second-order valence-electron chi connectivity index (χ2n) is 5.16. The highest BCUT2D eigenvalue weighted by Gasteiger charge is 2.15. The lowest BCUT2D eigenvalue weighted by Gasteiger charge is -2.09. The summed E-state index contributed by atoms with van der Waals surface area (Å²) in [5.74, 6) is -1.09. The molecule has 0 atom stereocenters. The van der Waals surface area contributed by atoms with Crippen molar-refractivity contribution in [1.82, 2.24) is 0 Å². The molecule has 2 N–H and O–H groups in total. The van der Waals surface area contributed by atoms with Crippen molar-refractivity contribution in [3.63, 3.8) is 0 Å². The van der Waals surface area contributed by atoms with Crippen molar-refractivity contribution in [2.24, 2.45) is 0 Å². The Morgan fingerprint density at radius 3 is 2.09 bits per heavy atom. The maximum absolute atomic E-state index is 11.9. The molecule has 0 aliphatic rings. The Labute approximate surface area is 134 Å². The molecule has 0 aromatic heterocycles. The van der Waals surface area contributed by atoms with Gasteiger partial charge < -0.3 is 10.6 Å². The molecule has 0 saturated carbocycles. The van der Waals surface area contributed by atoms with Crippen LogP contribution in [0.1, 0.15) is 25.3 Å². The highest BCUT2D eigenvalue weighted by atomic mass is 35.5. The normalized spacial score (nSPS) is 10.4. The van der Waals surface area contributed by atoms with Crippen LogP contribution in [0.15, 0.2) is 48.5 Å². The average Bonchev–Trinajstić information content (AvgIpc) is 2.50. The standard InChI is InChI=1S/C17H17ClN2O2/c1-11(2)12-7-9-13(10-8-12)19-16(21)17(22)20-15-6-4-3-5-14(15)18/h3-11H,1-2H3,(H,19,21)(H,20,22). The molecule has 22 heavy (non-hydrogen) atoms. The number of carbonyl (C=O) groups is 2. The second-order valence-corrected chi connectivity index (χ2v) is 5.57. The molecule has 0 radical (unpaired) electrons. The number of halogens is 1. The number of para-hydroxylation sites is 1. The van der Waals surface area contributed by atoms with Gasteiger partial charge >= 0.3 is 11.8 Å². The van der Waals surface area contributed by atoms with E-state index in [1.807, 2.05) is 12.1 Å². The molecular weight excluding hydrogens is 300 g/mol.